The van der Waals surface area contributed by atoms with Crippen molar-refractivity contribution >= 4 is 39.3 Å². The number of alkyl halides is 3. The lowest BCUT2D eigenvalue weighted by molar-refractivity contribution is -0.136. The Morgan fingerprint density at radius 3 is 2.56 bits per heavy atom. The normalized spacial score (nSPS) is 14.8. The maximum Gasteiger partial charge on any atom is 0.417 e. The van der Waals surface area contributed by atoms with Crippen LogP contribution in [0.4, 0.5) is 24.8 Å². The first kappa shape index (κ1) is 24.6. The van der Waals surface area contributed by atoms with Crippen LogP contribution >= 0.6 is 0 Å². The molecule has 0 bridgehead atoms. The Kier molecular flexibility index (Phi) is 5.85. The molecule has 5 aromatic rings. The Balaban J connectivity index is 1.50. The van der Waals surface area contributed by atoms with Crippen molar-refractivity contribution in [3.63, 3.8) is 0 Å². The topological polar surface area (TPSA) is 135 Å². The highest BCUT2D eigenvalue weighted by Gasteiger charge is 2.38. The molecule has 0 unspecified atom stereocenters. The van der Waals surface area contributed by atoms with Gasteiger partial charge in [0.25, 0.3) is 5.56 Å². The zero-order valence-corrected chi connectivity index (χ0v) is 20.7. The van der Waals surface area contributed by atoms with Gasteiger partial charge >= 0.3 is 6.18 Å². The third-order valence-electron chi connectivity index (χ3n) is 7.09. The molecule has 6 rings (SSSR count). The van der Waals surface area contributed by atoms with Gasteiger partial charge in [0, 0.05) is 48.6 Å². The van der Waals surface area contributed by atoms with Gasteiger partial charge in [0.05, 0.1) is 22.0 Å². The van der Waals surface area contributed by atoms with E-state index in [-0.39, 0.29) is 34.5 Å². The summed E-state index contributed by atoms with van der Waals surface area (Å²) in [5.74, 6) is 0.425. The summed E-state index contributed by atoms with van der Waals surface area (Å²) in [6.07, 6.45) is -3.64. The molecule has 4 heterocycles. The Morgan fingerprint density at radius 1 is 1.05 bits per heavy atom. The molecule has 1 fully saturated rings. The number of rotatable bonds is 4. The number of hydrogen-bond acceptors (Lipinski definition) is 6. The van der Waals surface area contributed by atoms with Crippen molar-refractivity contribution in [2.45, 2.75) is 31.9 Å². The van der Waals surface area contributed by atoms with Crippen LogP contribution in [0.5, 0.6) is 0 Å². The summed E-state index contributed by atoms with van der Waals surface area (Å²) in [4.78, 5) is 34.9. The maximum absolute atomic E-state index is 14.4. The predicted molar refractivity (Wildman–Crippen MR) is 139 cm³/mol. The van der Waals surface area contributed by atoms with Gasteiger partial charge in [-0.2, -0.15) is 18.3 Å². The number of carbonyl (C=O) groups is 1. The van der Waals surface area contributed by atoms with Gasteiger partial charge in [-0.1, -0.05) is 12.1 Å². The number of amides is 1. The molecule has 10 nitrogen and oxygen atoms in total. The van der Waals surface area contributed by atoms with E-state index < -0.39 is 22.7 Å². The zero-order valence-electron chi connectivity index (χ0n) is 20.7. The number of hydrogen-bond donors (Lipinski definition) is 4. The van der Waals surface area contributed by atoms with Gasteiger partial charge in [-0.25, -0.2) is 9.97 Å². The van der Waals surface area contributed by atoms with Gasteiger partial charge in [0.2, 0.25) is 5.91 Å². The van der Waals surface area contributed by atoms with Crippen LogP contribution in [0.2, 0.25) is 0 Å². The third-order valence-corrected chi connectivity index (χ3v) is 7.09. The number of likely N-dealkylation sites (tertiary alicyclic amines) is 1. The minimum atomic E-state index is -4.85. The number of halogens is 3. The lowest BCUT2D eigenvalue weighted by Crippen LogP contribution is -2.36. The Morgan fingerprint density at radius 2 is 1.82 bits per heavy atom. The maximum atomic E-state index is 14.4. The molecule has 0 atom stereocenters. The number of carbonyl (C=O) groups excluding carboxylic acids is 1. The first-order chi connectivity index (χ1) is 18.7. The van der Waals surface area contributed by atoms with E-state index >= 15 is 0 Å². The lowest BCUT2D eigenvalue weighted by Gasteiger charge is -2.31. The van der Waals surface area contributed by atoms with Gasteiger partial charge in [0.15, 0.2) is 11.6 Å². The molecule has 13 heteroatoms. The van der Waals surface area contributed by atoms with Gasteiger partial charge < -0.3 is 10.2 Å². The van der Waals surface area contributed by atoms with Crippen molar-refractivity contribution < 1.29 is 18.0 Å². The number of nitrogens with zero attached hydrogens (tertiary/aromatic N) is 4. The van der Waals surface area contributed by atoms with Crippen molar-refractivity contribution in [1.82, 2.24) is 35.3 Å². The van der Waals surface area contributed by atoms with E-state index in [0.29, 0.717) is 37.4 Å². The molecule has 3 aromatic heterocycles. The van der Waals surface area contributed by atoms with E-state index in [9.17, 15) is 22.8 Å². The molecule has 0 spiro atoms. The van der Waals surface area contributed by atoms with Crippen molar-refractivity contribution in [3.05, 3.63) is 64.1 Å². The quantitative estimate of drug-likeness (QED) is 0.264. The van der Waals surface area contributed by atoms with E-state index in [1.165, 1.54) is 19.1 Å². The summed E-state index contributed by atoms with van der Waals surface area (Å²) < 4.78 is 43.2. The van der Waals surface area contributed by atoms with E-state index in [1.54, 1.807) is 11.0 Å². The van der Waals surface area contributed by atoms with Gasteiger partial charge in [-0.3, -0.25) is 24.9 Å². The second kappa shape index (κ2) is 9.26. The summed E-state index contributed by atoms with van der Waals surface area (Å²) in [6.45, 7) is 2.55. The molecule has 0 aliphatic carbocycles. The molecule has 1 aliphatic rings. The number of aromatic amines is 3. The molecular formula is C26H23F3N8O2. The first-order valence-electron chi connectivity index (χ1n) is 12.3. The summed E-state index contributed by atoms with van der Waals surface area (Å²) in [5, 5.41) is 15.3. The number of fused-ring (bicyclic) bond motifs is 2. The second-order valence-electron chi connectivity index (χ2n) is 9.51. The minimum absolute atomic E-state index is 0.0237. The smallest absolute Gasteiger partial charge is 0.343 e. The Bertz CT molecular complexity index is 1760. The number of piperidine rings is 1. The number of H-pyrrole nitrogens is 3. The molecule has 1 saturated heterocycles. The van der Waals surface area contributed by atoms with E-state index in [2.05, 4.69) is 35.7 Å². The molecule has 1 amide bonds. The van der Waals surface area contributed by atoms with Gasteiger partial charge in [-0.15, -0.1) is 0 Å². The highest BCUT2D eigenvalue weighted by molar-refractivity contribution is 5.91. The first-order valence-corrected chi connectivity index (χ1v) is 12.3. The predicted octanol–water partition coefficient (Wildman–Crippen LogP) is 4.68. The van der Waals surface area contributed by atoms with Crippen LogP contribution in [-0.4, -0.2) is 54.3 Å². The van der Waals surface area contributed by atoms with E-state index in [1.807, 2.05) is 24.3 Å². The summed E-state index contributed by atoms with van der Waals surface area (Å²) in [6, 6.07) is 11.8. The third kappa shape index (κ3) is 4.49. The molecule has 39 heavy (non-hydrogen) atoms. The molecular weight excluding hydrogens is 513 g/mol. The van der Waals surface area contributed by atoms with Crippen molar-refractivity contribution in [1.29, 1.82) is 0 Å². The van der Waals surface area contributed by atoms with Gasteiger partial charge in [-0.05, 0) is 37.1 Å². The van der Waals surface area contributed by atoms with Crippen molar-refractivity contribution in [2.24, 2.45) is 0 Å². The molecule has 0 radical (unpaired) electrons. The van der Waals surface area contributed by atoms with Crippen LogP contribution in [0.3, 0.4) is 0 Å². The minimum Gasteiger partial charge on any atom is -0.343 e. The van der Waals surface area contributed by atoms with Crippen molar-refractivity contribution in [2.75, 3.05) is 18.4 Å². The average molecular weight is 537 g/mol. The number of anilines is 2. The number of benzene rings is 2. The zero-order chi connectivity index (χ0) is 27.3. The highest BCUT2D eigenvalue weighted by atomic mass is 19.4. The summed E-state index contributed by atoms with van der Waals surface area (Å²) in [5.41, 5.74) is -0.942. The number of para-hydroxylation sites is 1. The monoisotopic (exact) mass is 536 g/mol. The average Bonchev–Trinajstić information content (AvgIpc) is 3.50. The van der Waals surface area contributed by atoms with Crippen LogP contribution in [-0.2, 0) is 11.0 Å². The molecule has 2 aromatic carbocycles. The van der Waals surface area contributed by atoms with Crippen LogP contribution < -0.4 is 10.9 Å². The molecule has 4 N–H and O–H groups in total. The second-order valence-corrected chi connectivity index (χ2v) is 9.51. The van der Waals surface area contributed by atoms with Crippen LogP contribution in [0.1, 0.15) is 36.9 Å². The summed E-state index contributed by atoms with van der Waals surface area (Å²) >= 11 is 0. The number of aromatic nitrogens is 6. The Labute approximate surface area is 218 Å². The molecule has 200 valence electrons. The van der Waals surface area contributed by atoms with E-state index in [4.69, 9.17) is 0 Å². The van der Waals surface area contributed by atoms with Crippen molar-refractivity contribution in [3.8, 4) is 11.4 Å². The van der Waals surface area contributed by atoms with Gasteiger partial charge in [0.1, 0.15) is 5.82 Å². The standard InChI is InChI=1S/C26H23F3N8O2/c1-13(38)37-10-8-14(9-11-37)19-12-20(32-24-15-4-2-3-5-17(15)33-35-24)31-23(30-19)16-6-7-18-21(25(39)36-34-18)22(16)26(27,28)29/h2-7,12,14H,8-11H2,1H3,(H2,34,36,39)(H2,30,31,32,33,35). The van der Waals surface area contributed by atoms with Crippen LogP contribution in [0, 0.1) is 0 Å². The largest absolute Gasteiger partial charge is 0.417 e. The fraction of sp³-hybridized carbons (Fsp3) is 0.269. The SMILES string of the molecule is CC(=O)N1CCC(c2cc(Nc3n[nH]c4ccccc34)nc(-c3ccc4[nH][nH]c(=O)c4c3C(F)(F)F)n2)CC1. The lowest BCUT2D eigenvalue weighted by atomic mass is 9.92. The van der Waals surface area contributed by atoms with Crippen LogP contribution in [0.15, 0.2) is 47.3 Å². The molecule has 1 aliphatic heterocycles. The fourth-order valence-corrected chi connectivity index (χ4v) is 5.14. The highest BCUT2D eigenvalue weighted by Crippen LogP contribution is 2.40. The Hall–Kier alpha value is -4.68. The summed E-state index contributed by atoms with van der Waals surface area (Å²) in [7, 11) is 0. The van der Waals surface area contributed by atoms with E-state index in [0.717, 1.165) is 10.9 Å². The fourth-order valence-electron chi connectivity index (χ4n) is 5.14. The molecule has 0 saturated carbocycles. The van der Waals surface area contributed by atoms with Crippen LogP contribution in [0.25, 0.3) is 33.2 Å². The number of nitrogens with one attached hydrogen (secondary N) is 4.